The van der Waals surface area contributed by atoms with Gasteiger partial charge in [0.05, 0.1) is 17.1 Å². The van der Waals surface area contributed by atoms with Crippen LogP contribution >= 0.6 is 0 Å². The van der Waals surface area contributed by atoms with Crippen LogP contribution in [0.3, 0.4) is 0 Å². The SMILES string of the molecule is c1ccc(-c2ccc(-c3cc4n(n3)C35c6c(cccc6-n6c7ccccc7c7ccc[n+]3c76)Oc3cccc-4[n+]35)cc2)cc1. The van der Waals surface area contributed by atoms with Crippen molar-refractivity contribution >= 4 is 21.9 Å². The first-order chi connectivity index (χ1) is 21.8. The van der Waals surface area contributed by atoms with Crippen molar-refractivity contribution in [1.82, 2.24) is 14.3 Å². The van der Waals surface area contributed by atoms with Gasteiger partial charge in [-0.15, -0.1) is 9.25 Å². The van der Waals surface area contributed by atoms with Crippen molar-refractivity contribution in [3.8, 4) is 51.1 Å². The highest BCUT2D eigenvalue weighted by Crippen LogP contribution is 2.50. The molecule has 0 amide bonds. The molecule has 0 radical (unpaired) electrons. The summed E-state index contributed by atoms with van der Waals surface area (Å²) in [5.74, 6) is 0.808. The predicted octanol–water partition coefficient (Wildman–Crippen LogP) is 7.04. The molecule has 0 fully saturated rings. The summed E-state index contributed by atoms with van der Waals surface area (Å²) in [6.07, 6.45) is 2.20. The normalized spacial score (nSPS) is 16.5. The first-order valence-electron chi connectivity index (χ1n) is 14.9. The fraction of sp³-hybridized carbons (Fsp3) is 0.0263. The second kappa shape index (κ2) is 7.68. The highest BCUT2D eigenvalue weighted by atomic mass is 16.5. The number of benzene rings is 4. The molecule has 7 heterocycles. The Labute approximate surface area is 251 Å². The number of para-hydroxylation sites is 1. The van der Waals surface area contributed by atoms with E-state index in [1.165, 1.54) is 27.4 Å². The van der Waals surface area contributed by atoms with Gasteiger partial charge >= 0.3 is 17.3 Å². The van der Waals surface area contributed by atoms with Crippen molar-refractivity contribution < 1.29 is 13.9 Å². The maximum atomic E-state index is 6.68. The fourth-order valence-corrected chi connectivity index (χ4v) is 7.82. The molecule has 3 aliphatic rings. The number of fused-ring (bicyclic) bond motifs is 6. The van der Waals surface area contributed by atoms with Crippen LogP contribution in [0.25, 0.3) is 61.4 Å². The van der Waals surface area contributed by atoms with Gasteiger partial charge in [-0.3, -0.25) is 0 Å². The molecule has 0 N–H and O–H groups in total. The van der Waals surface area contributed by atoms with Gasteiger partial charge in [-0.2, -0.15) is 9.67 Å². The van der Waals surface area contributed by atoms with Crippen LogP contribution < -0.4 is 13.9 Å². The first kappa shape index (κ1) is 22.6. The van der Waals surface area contributed by atoms with Gasteiger partial charge in [0.2, 0.25) is 5.69 Å². The number of hydrogen-bond donors (Lipinski definition) is 0. The molecule has 1 unspecified atom stereocenters. The summed E-state index contributed by atoms with van der Waals surface area (Å²) in [5.41, 5.74) is 11.0. The summed E-state index contributed by atoms with van der Waals surface area (Å²) in [6.45, 7) is 0. The Kier molecular flexibility index (Phi) is 3.94. The van der Waals surface area contributed by atoms with E-state index in [1.54, 1.807) is 0 Å². The monoisotopic (exact) mass is 565 g/mol. The standard InChI is InChI=1S/C38H23N5O/c1-2-9-24(10-3-1)25-18-20-26(21-19-25)29-23-33-31-14-7-17-35-42(31)38(43(33)39-29)36-32(15-6-16-34(36)44-35)41-30-13-5-4-11-27(30)28-12-8-22-40(38)37(28)41/h1-23H/q+2. The maximum Gasteiger partial charge on any atom is 0.452 e. The lowest BCUT2D eigenvalue weighted by atomic mass is 9.99. The third-order valence-corrected chi connectivity index (χ3v) is 9.57. The van der Waals surface area contributed by atoms with Gasteiger partial charge in [0.1, 0.15) is 17.4 Å². The molecule has 4 aromatic heterocycles. The van der Waals surface area contributed by atoms with Crippen LogP contribution in [0.4, 0.5) is 0 Å². The van der Waals surface area contributed by atoms with Gasteiger partial charge in [-0.1, -0.05) is 77.4 Å². The third-order valence-electron chi connectivity index (χ3n) is 9.57. The number of rotatable bonds is 2. The Bertz CT molecular complexity index is 2530. The Balaban J connectivity index is 1.24. The highest BCUT2D eigenvalue weighted by Gasteiger charge is 2.69. The van der Waals surface area contributed by atoms with E-state index >= 15 is 0 Å². The second-order valence-electron chi connectivity index (χ2n) is 11.7. The van der Waals surface area contributed by atoms with Crippen LogP contribution in [0, 0.1) is 0 Å². The Morgan fingerprint density at radius 1 is 0.659 bits per heavy atom. The lowest BCUT2D eigenvalue weighted by Gasteiger charge is -2.32. The van der Waals surface area contributed by atoms with Crippen LogP contribution in [0.5, 0.6) is 11.6 Å². The van der Waals surface area contributed by atoms with Crippen molar-refractivity contribution in [2.75, 3.05) is 0 Å². The molecule has 0 saturated heterocycles. The molecule has 1 spiro atoms. The van der Waals surface area contributed by atoms with Crippen LogP contribution in [-0.4, -0.2) is 14.3 Å². The minimum absolute atomic E-state index is 0.792. The topological polar surface area (TPSA) is 39.7 Å². The van der Waals surface area contributed by atoms with Gasteiger partial charge in [0.15, 0.2) is 17.0 Å². The molecule has 8 aromatic rings. The number of aromatic nitrogens is 5. The minimum Gasteiger partial charge on any atom is -0.404 e. The van der Waals surface area contributed by atoms with E-state index in [9.17, 15) is 0 Å². The van der Waals surface area contributed by atoms with Crippen molar-refractivity contribution in [1.29, 1.82) is 0 Å². The third kappa shape index (κ3) is 2.49. The van der Waals surface area contributed by atoms with Crippen LogP contribution in [-0.2, 0) is 5.79 Å². The van der Waals surface area contributed by atoms with E-state index in [0.29, 0.717) is 0 Å². The quantitative estimate of drug-likeness (QED) is 0.211. The van der Waals surface area contributed by atoms with E-state index in [1.807, 2.05) is 6.07 Å². The van der Waals surface area contributed by atoms with Crippen molar-refractivity contribution in [2.24, 2.45) is 0 Å². The summed E-state index contributed by atoms with van der Waals surface area (Å²) in [6, 6.07) is 47.2. The molecule has 11 rings (SSSR count). The molecule has 4 aromatic carbocycles. The molecule has 204 valence electrons. The zero-order valence-corrected chi connectivity index (χ0v) is 23.4. The van der Waals surface area contributed by atoms with E-state index in [-0.39, 0.29) is 0 Å². The van der Waals surface area contributed by atoms with E-state index < -0.39 is 5.79 Å². The average molecular weight is 566 g/mol. The lowest BCUT2D eigenvalue weighted by molar-refractivity contribution is -0.974. The Morgan fingerprint density at radius 2 is 1.43 bits per heavy atom. The van der Waals surface area contributed by atoms with E-state index in [0.717, 1.165) is 51.2 Å². The van der Waals surface area contributed by atoms with Crippen LogP contribution in [0.1, 0.15) is 5.56 Å². The molecule has 6 heteroatoms. The summed E-state index contributed by atoms with van der Waals surface area (Å²) < 4.78 is 16.0. The minimum atomic E-state index is -0.822. The highest BCUT2D eigenvalue weighted by molar-refractivity contribution is 6.07. The van der Waals surface area contributed by atoms with Gasteiger partial charge < -0.3 is 4.74 Å². The van der Waals surface area contributed by atoms with Crippen LogP contribution in [0.15, 0.2) is 140 Å². The first-order valence-corrected chi connectivity index (χ1v) is 14.9. The number of nitrogens with zero attached hydrogens (tertiary/aromatic N) is 5. The number of hydrogen-bond acceptors (Lipinski definition) is 2. The molecule has 6 nitrogen and oxygen atoms in total. The van der Waals surface area contributed by atoms with Crippen molar-refractivity contribution in [2.45, 2.75) is 5.79 Å². The van der Waals surface area contributed by atoms with Gasteiger partial charge in [-0.25, -0.2) is 0 Å². The van der Waals surface area contributed by atoms with Crippen molar-refractivity contribution in [3.05, 3.63) is 145 Å². The zero-order chi connectivity index (χ0) is 28.6. The molecule has 0 saturated carbocycles. The fourth-order valence-electron chi connectivity index (χ4n) is 7.82. The zero-order valence-electron chi connectivity index (χ0n) is 23.4. The molecular weight excluding hydrogens is 542 g/mol. The predicted molar refractivity (Wildman–Crippen MR) is 168 cm³/mol. The molecule has 0 aliphatic carbocycles. The van der Waals surface area contributed by atoms with E-state index in [2.05, 4.69) is 152 Å². The largest absolute Gasteiger partial charge is 0.452 e. The van der Waals surface area contributed by atoms with E-state index in [4.69, 9.17) is 9.84 Å². The lowest BCUT2D eigenvalue weighted by Crippen LogP contribution is -2.78. The number of ether oxygens (including phenoxy) is 1. The molecule has 44 heavy (non-hydrogen) atoms. The summed E-state index contributed by atoms with van der Waals surface area (Å²) in [7, 11) is 0. The molecule has 3 aliphatic heterocycles. The summed E-state index contributed by atoms with van der Waals surface area (Å²) in [5, 5.41) is 7.88. The molecule has 0 bridgehead atoms. The average Bonchev–Trinajstić information content (AvgIpc) is 3.75. The van der Waals surface area contributed by atoms with Gasteiger partial charge in [-0.05, 0) is 59.7 Å². The smallest absolute Gasteiger partial charge is 0.404 e. The summed E-state index contributed by atoms with van der Waals surface area (Å²) >= 11 is 0. The Hall–Kier alpha value is -6.01. The maximum absolute atomic E-state index is 6.68. The van der Waals surface area contributed by atoms with Crippen LogP contribution in [0.2, 0.25) is 0 Å². The number of pyridine rings is 2. The second-order valence-corrected chi connectivity index (χ2v) is 11.7. The van der Waals surface area contributed by atoms with Gasteiger partial charge in [0, 0.05) is 17.0 Å². The summed E-state index contributed by atoms with van der Waals surface area (Å²) in [4.78, 5) is 0. The van der Waals surface area contributed by atoms with Crippen molar-refractivity contribution in [3.63, 3.8) is 0 Å². The van der Waals surface area contributed by atoms with Gasteiger partial charge in [0.25, 0.3) is 0 Å². The Morgan fingerprint density at radius 3 is 2.34 bits per heavy atom. The molecule has 1 atom stereocenters. The molecular formula is C38H23N5O+2.